The van der Waals surface area contributed by atoms with E-state index in [1.165, 1.54) is 0 Å². The zero-order chi connectivity index (χ0) is 23.8. The third kappa shape index (κ3) is 6.20. The Kier molecular flexibility index (Phi) is 7.81. The van der Waals surface area contributed by atoms with Crippen molar-refractivity contribution in [2.45, 2.75) is 20.3 Å². The van der Waals surface area contributed by atoms with Gasteiger partial charge in [-0.3, -0.25) is 14.4 Å². The largest absolute Gasteiger partial charge is 0.376 e. The number of nitrogens with zero attached hydrogens (tertiary/aromatic N) is 1. The number of anilines is 4. The van der Waals surface area contributed by atoms with Crippen LogP contribution in [-0.2, 0) is 9.59 Å². The number of carbonyl (C=O) groups excluding carboxylic acids is 3. The monoisotopic (exact) mass is 444 g/mol. The molecule has 0 atom stereocenters. The Hall–Kier alpha value is -4.13. The van der Waals surface area contributed by atoms with Crippen LogP contribution in [0.2, 0.25) is 0 Å². The number of rotatable bonds is 8. The molecule has 0 aromatic heterocycles. The quantitative estimate of drug-likeness (QED) is 0.471. The van der Waals surface area contributed by atoms with Crippen LogP contribution in [0.5, 0.6) is 0 Å². The van der Waals surface area contributed by atoms with Crippen molar-refractivity contribution in [3.05, 3.63) is 83.9 Å². The smallest absolute Gasteiger partial charge is 0.258 e. The van der Waals surface area contributed by atoms with E-state index in [1.807, 2.05) is 37.3 Å². The van der Waals surface area contributed by atoms with E-state index in [0.29, 0.717) is 23.4 Å². The minimum Gasteiger partial charge on any atom is -0.376 e. The maximum atomic E-state index is 12.7. The molecule has 170 valence electrons. The van der Waals surface area contributed by atoms with Gasteiger partial charge in [0.05, 0.1) is 6.54 Å². The molecule has 7 heteroatoms. The SMILES string of the molecule is CCC(=O)Nc1cccc(NC(=O)CNc2ccc(C(=O)N(C)c3ccccc3)cc2)c1C. The molecular formula is C26H28N4O3. The van der Waals surface area contributed by atoms with E-state index >= 15 is 0 Å². The van der Waals surface area contributed by atoms with Gasteiger partial charge in [-0.25, -0.2) is 0 Å². The molecule has 3 N–H and O–H groups in total. The molecule has 3 amide bonds. The molecule has 3 aromatic carbocycles. The van der Waals surface area contributed by atoms with Crippen LogP contribution in [0.25, 0.3) is 0 Å². The van der Waals surface area contributed by atoms with Gasteiger partial charge in [-0.1, -0.05) is 31.2 Å². The van der Waals surface area contributed by atoms with Gasteiger partial charge in [0.15, 0.2) is 0 Å². The van der Waals surface area contributed by atoms with Crippen molar-refractivity contribution in [3.63, 3.8) is 0 Å². The van der Waals surface area contributed by atoms with Gasteiger partial charge in [0, 0.05) is 41.8 Å². The second kappa shape index (κ2) is 10.9. The molecule has 0 fully saturated rings. The van der Waals surface area contributed by atoms with Crippen LogP contribution < -0.4 is 20.9 Å². The maximum absolute atomic E-state index is 12.7. The Morgan fingerprint density at radius 1 is 0.788 bits per heavy atom. The average molecular weight is 445 g/mol. The number of benzene rings is 3. The standard InChI is InChI=1S/C26H28N4O3/c1-4-24(31)28-22-11-8-12-23(18(22)2)29-25(32)17-27-20-15-13-19(14-16-20)26(33)30(3)21-9-6-5-7-10-21/h5-16,27H,4,17H2,1-3H3,(H,28,31)(H,29,32). The molecule has 3 rings (SSSR count). The van der Waals surface area contributed by atoms with Gasteiger partial charge in [-0.2, -0.15) is 0 Å². The molecule has 0 spiro atoms. The molecule has 0 saturated heterocycles. The van der Waals surface area contributed by atoms with E-state index in [0.717, 1.165) is 16.9 Å². The van der Waals surface area contributed by atoms with Crippen LogP contribution in [0.1, 0.15) is 29.3 Å². The molecule has 0 saturated carbocycles. The maximum Gasteiger partial charge on any atom is 0.258 e. The van der Waals surface area contributed by atoms with Crippen LogP contribution in [-0.4, -0.2) is 31.3 Å². The highest BCUT2D eigenvalue weighted by atomic mass is 16.2. The third-order valence-corrected chi connectivity index (χ3v) is 5.24. The number of nitrogens with one attached hydrogen (secondary N) is 3. The van der Waals surface area contributed by atoms with E-state index in [2.05, 4.69) is 16.0 Å². The first-order valence-electron chi connectivity index (χ1n) is 10.8. The summed E-state index contributed by atoms with van der Waals surface area (Å²) in [5, 5.41) is 8.75. The molecule has 7 nitrogen and oxygen atoms in total. The van der Waals surface area contributed by atoms with Crippen molar-refractivity contribution in [2.75, 3.05) is 34.4 Å². The molecule has 3 aromatic rings. The van der Waals surface area contributed by atoms with Crippen LogP contribution in [0.3, 0.4) is 0 Å². The topological polar surface area (TPSA) is 90.5 Å². The van der Waals surface area contributed by atoms with E-state index in [1.54, 1.807) is 61.3 Å². The summed E-state index contributed by atoms with van der Waals surface area (Å²) in [4.78, 5) is 38.4. The molecule has 0 unspecified atom stereocenters. The van der Waals surface area contributed by atoms with Gasteiger partial charge in [-0.05, 0) is 61.0 Å². The summed E-state index contributed by atoms with van der Waals surface area (Å²) in [6.45, 7) is 3.69. The van der Waals surface area contributed by atoms with Crippen molar-refractivity contribution in [1.82, 2.24) is 0 Å². The Labute approximate surface area is 193 Å². The highest BCUT2D eigenvalue weighted by Gasteiger charge is 2.13. The molecule has 0 aliphatic heterocycles. The van der Waals surface area contributed by atoms with Gasteiger partial charge >= 0.3 is 0 Å². The predicted octanol–water partition coefficient (Wildman–Crippen LogP) is 4.67. The fourth-order valence-corrected chi connectivity index (χ4v) is 3.21. The molecular weight excluding hydrogens is 416 g/mol. The normalized spacial score (nSPS) is 10.3. The summed E-state index contributed by atoms with van der Waals surface area (Å²) in [5.74, 6) is -0.419. The molecule has 0 heterocycles. The first-order chi connectivity index (χ1) is 15.9. The summed E-state index contributed by atoms with van der Waals surface area (Å²) in [5.41, 5.74) is 4.20. The second-order valence-electron chi connectivity index (χ2n) is 7.56. The van der Waals surface area contributed by atoms with Crippen LogP contribution in [0.15, 0.2) is 72.8 Å². The van der Waals surface area contributed by atoms with E-state index in [9.17, 15) is 14.4 Å². The zero-order valence-corrected chi connectivity index (χ0v) is 19.0. The lowest BCUT2D eigenvalue weighted by atomic mass is 10.1. The number of hydrogen-bond acceptors (Lipinski definition) is 4. The Balaban J connectivity index is 1.56. The van der Waals surface area contributed by atoms with Gasteiger partial charge < -0.3 is 20.9 Å². The summed E-state index contributed by atoms with van der Waals surface area (Å²) < 4.78 is 0. The highest BCUT2D eigenvalue weighted by Crippen LogP contribution is 2.23. The number of para-hydroxylation sites is 1. The Morgan fingerprint density at radius 3 is 2.00 bits per heavy atom. The minimum atomic E-state index is -0.221. The van der Waals surface area contributed by atoms with E-state index in [-0.39, 0.29) is 24.3 Å². The summed E-state index contributed by atoms with van der Waals surface area (Å²) >= 11 is 0. The summed E-state index contributed by atoms with van der Waals surface area (Å²) in [6, 6.07) is 21.8. The van der Waals surface area contributed by atoms with Gasteiger partial charge in [0.1, 0.15) is 0 Å². The van der Waals surface area contributed by atoms with Crippen LogP contribution in [0.4, 0.5) is 22.7 Å². The third-order valence-electron chi connectivity index (χ3n) is 5.24. The number of hydrogen-bond donors (Lipinski definition) is 3. The van der Waals surface area contributed by atoms with E-state index in [4.69, 9.17) is 0 Å². The van der Waals surface area contributed by atoms with Gasteiger partial charge in [-0.15, -0.1) is 0 Å². The Bertz CT molecular complexity index is 1130. The van der Waals surface area contributed by atoms with Gasteiger partial charge in [0.2, 0.25) is 11.8 Å². The molecule has 0 aliphatic rings. The lowest BCUT2D eigenvalue weighted by molar-refractivity contribution is -0.116. The lowest BCUT2D eigenvalue weighted by Gasteiger charge is -2.17. The second-order valence-corrected chi connectivity index (χ2v) is 7.56. The fourth-order valence-electron chi connectivity index (χ4n) is 3.21. The summed E-state index contributed by atoms with van der Waals surface area (Å²) in [7, 11) is 1.73. The van der Waals surface area contributed by atoms with Crippen molar-refractivity contribution in [2.24, 2.45) is 0 Å². The fraction of sp³-hybridized carbons (Fsp3) is 0.192. The highest BCUT2D eigenvalue weighted by molar-refractivity contribution is 6.06. The van der Waals surface area contributed by atoms with Crippen molar-refractivity contribution < 1.29 is 14.4 Å². The van der Waals surface area contributed by atoms with E-state index < -0.39 is 0 Å². The predicted molar refractivity (Wildman–Crippen MR) is 133 cm³/mol. The van der Waals surface area contributed by atoms with Crippen molar-refractivity contribution in [3.8, 4) is 0 Å². The Morgan fingerprint density at radius 2 is 1.39 bits per heavy atom. The summed E-state index contributed by atoms with van der Waals surface area (Å²) in [6.07, 6.45) is 0.382. The minimum absolute atomic E-state index is 0.0577. The van der Waals surface area contributed by atoms with Crippen molar-refractivity contribution in [1.29, 1.82) is 0 Å². The van der Waals surface area contributed by atoms with Crippen LogP contribution in [0, 0.1) is 6.92 Å². The molecule has 0 bridgehead atoms. The number of amides is 3. The first kappa shape index (κ1) is 23.5. The first-order valence-corrected chi connectivity index (χ1v) is 10.8. The molecule has 0 radical (unpaired) electrons. The lowest BCUT2D eigenvalue weighted by Crippen LogP contribution is -2.26. The molecule has 0 aliphatic carbocycles. The molecule has 33 heavy (non-hydrogen) atoms. The zero-order valence-electron chi connectivity index (χ0n) is 19.0. The van der Waals surface area contributed by atoms with Gasteiger partial charge in [0.25, 0.3) is 5.91 Å². The average Bonchev–Trinajstić information content (AvgIpc) is 2.85. The number of carbonyl (C=O) groups is 3. The van der Waals surface area contributed by atoms with Crippen LogP contribution >= 0.6 is 0 Å². The van der Waals surface area contributed by atoms with Crippen molar-refractivity contribution >= 4 is 40.5 Å².